The van der Waals surface area contributed by atoms with E-state index in [0.29, 0.717) is 12.6 Å². The number of rotatable bonds is 6. The Labute approximate surface area is 127 Å². The standard InChI is InChI=1S/C15H18INO2/c1-11(2)17-9-14-6-7-15(19-14)10-18-13-5-3-4-12(16)8-13/h3-8,11,17H,9-10H2,1-2H3. The van der Waals surface area contributed by atoms with Crippen LogP contribution < -0.4 is 10.1 Å². The van der Waals surface area contributed by atoms with Gasteiger partial charge in [0.1, 0.15) is 23.9 Å². The number of hydrogen-bond acceptors (Lipinski definition) is 3. The van der Waals surface area contributed by atoms with Crippen LogP contribution in [0.25, 0.3) is 0 Å². The average molecular weight is 371 g/mol. The van der Waals surface area contributed by atoms with Crippen LogP contribution in [0.2, 0.25) is 0 Å². The lowest BCUT2D eigenvalue weighted by molar-refractivity contribution is 0.264. The van der Waals surface area contributed by atoms with Gasteiger partial charge in [0.05, 0.1) is 6.54 Å². The molecule has 3 nitrogen and oxygen atoms in total. The number of benzene rings is 1. The third-order valence-electron chi connectivity index (χ3n) is 2.58. The van der Waals surface area contributed by atoms with Crippen molar-refractivity contribution in [1.29, 1.82) is 0 Å². The summed E-state index contributed by atoms with van der Waals surface area (Å²) in [5, 5.41) is 3.32. The van der Waals surface area contributed by atoms with E-state index in [2.05, 4.69) is 41.8 Å². The van der Waals surface area contributed by atoms with E-state index in [1.54, 1.807) is 0 Å². The van der Waals surface area contributed by atoms with Crippen molar-refractivity contribution in [3.63, 3.8) is 0 Å². The van der Waals surface area contributed by atoms with E-state index < -0.39 is 0 Å². The number of hydrogen-bond donors (Lipinski definition) is 1. The molecular formula is C15H18INO2. The molecule has 19 heavy (non-hydrogen) atoms. The molecule has 0 aliphatic carbocycles. The highest BCUT2D eigenvalue weighted by atomic mass is 127. The van der Waals surface area contributed by atoms with Gasteiger partial charge in [0.25, 0.3) is 0 Å². The van der Waals surface area contributed by atoms with Gasteiger partial charge in [0.15, 0.2) is 0 Å². The Morgan fingerprint density at radius 2 is 2.00 bits per heavy atom. The number of nitrogens with one attached hydrogen (secondary N) is 1. The quantitative estimate of drug-likeness (QED) is 0.781. The van der Waals surface area contributed by atoms with Crippen LogP contribution in [0.4, 0.5) is 0 Å². The summed E-state index contributed by atoms with van der Waals surface area (Å²) in [5.74, 6) is 2.65. The predicted molar refractivity (Wildman–Crippen MR) is 84.2 cm³/mol. The molecule has 0 atom stereocenters. The highest BCUT2D eigenvalue weighted by Gasteiger charge is 2.04. The Hall–Kier alpha value is -1.01. The molecule has 0 saturated carbocycles. The van der Waals surface area contributed by atoms with Gasteiger partial charge in [0, 0.05) is 9.61 Å². The van der Waals surface area contributed by atoms with Crippen molar-refractivity contribution in [3.8, 4) is 5.75 Å². The van der Waals surface area contributed by atoms with E-state index in [0.717, 1.165) is 27.4 Å². The molecule has 0 aliphatic heterocycles. The van der Waals surface area contributed by atoms with E-state index in [9.17, 15) is 0 Å². The third-order valence-corrected chi connectivity index (χ3v) is 3.25. The smallest absolute Gasteiger partial charge is 0.146 e. The largest absolute Gasteiger partial charge is 0.486 e. The maximum absolute atomic E-state index is 5.70. The Bertz CT molecular complexity index is 522. The lowest BCUT2D eigenvalue weighted by Gasteiger charge is -2.06. The van der Waals surface area contributed by atoms with E-state index in [-0.39, 0.29) is 0 Å². The fourth-order valence-corrected chi connectivity index (χ4v) is 2.13. The fraction of sp³-hybridized carbons (Fsp3) is 0.333. The Kier molecular flexibility index (Phi) is 5.27. The van der Waals surface area contributed by atoms with Crippen LogP contribution in [-0.4, -0.2) is 6.04 Å². The summed E-state index contributed by atoms with van der Waals surface area (Å²) >= 11 is 2.27. The lowest BCUT2D eigenvalue weighted by Crippen LogP contribution is -2.21. The Morgan fingerprint density at radius 3 is 2.74 bits per heavy atom. The summed E-state index contributed by atoms with van der Waals surface area (Å²) in [5.41, 5.74) is 0. The summed E-state index contributed by atoms with van der Waals surface area (Å²) in [4.78, 5) is 0. The SMILES string of the molecule is CC(C)NCc1ccc(COc2cccc(I)c2)o1. The van der Waals surface area contributed by atoms with Crippen LogP contribution in [-0.2, 0) is 13.2 Å². The molecule has 0 saturated heterocycles. The summed E-state index contributed by atoms with van der Waals surface area (Å²) in [6.07, 6.45) is 0. The minimum atomic E-state index is 0.455. The van der Waals surface area contributed by atoms with Crippen molar-refractivity contribution in [2.24, 2.45) is 0 Å². The van der Waals surface area contributed by atoms with Gasteiger partial charge in [-0.25, -0.2) is 0 Å². The molecule has 4 heteroatoms. The highest BCUT2D eigenvalue weighted by Crippen LogP contribution is 2.17. The van der Waals surface area contributed by atoms with Crippen molar-refractivity contribution in [1.82, 2.24) is 5.32 Å². The van der Waals surface area contributed by atoms with Gasteiger partial charge in [-0.3, -0.25) is 0 Å². The molecule has 1 aromatic carbocycles. The maximum atomic E-state index is 5.70. The van der Waals surface area contributed by atoms with E-state index in [1.165, 1.54) is 0 Å². The third kappa shape index (κ3) is 4.87. The van der Waals surface area contributed by atoms with Gasteiger partial charge in [-0.05, 0) is 52.9 Å². The van der Waals surface area contributed by atoms with Crippen molar-refractivity contribution in [3.05, 3.63) is 51.5 Å². The van der Waals surface area contributed by atoms with E-state index in [4.69, 9.17) is 9.15 Å². The van der Waals surface area contributed by atoms with Gasteiger partial charge in [0.2, 0.25) is 0 Å². The zero-order valence-corrected chi connectivity index (χ0v) is 13.3. The molecule has 102 valence electrons. The van der Waals surface area contributed by atoms with Crippen molar-refractivity contribution >= 4 is 22.6 Å². The monoisotopic (exact) mass is 371 g/mol. The van der Waals surface area contributed by atoms with Crippen LogP contribution in [0.3, 0.4) is 0 Å². The predicted octanol–water partition coefficient (Wildman–Crippen LogP) is 3.96. The first kappa shape index (κ1) is 14.4. The van der Waals surface area contributed by atoms with Gasteiger partial charge in [-0.15, -0.1) is 0 Å². The van der Waals surface area contributed by atoms with E-state index in [1.807, 2.05) is 36.4 Å². The van der Waals surface area contributed by atoms with Crippen LogP contribution >= 0.6 is 22.6 Å². The van der Waals surface area contributed by atoms with E-state index >= 15 is 0 Å². The molecule has 1 N–H and O–H groups in total. The summed E-state index contributed by atoms with van der Waals surface area (Å²) in [7, 11) is 0. The van der Waals surface area contributed by atoms with Crippen LogP contribution in [0.15, 0.2) is 40.8 Å². The minimum Gasteiger partial charge on any atom is -0.486 e. The molecule has 2 rings (SSSR count). The number of halogens is 1. The number of ether oxygens (including phenoxy) is 1. The molecule has 0 spiro atoms. The van der Waals surface area contributed by atoms with Gasteiger partial charge < -0.3 is 14.5 Å². The van der Waals surface area contributed by atoms with Crippen molar-refractivity contribution in [2.45, 2.75) is 33.0 Å². The fourth-order valence-electron chi connectivity index (χ4n) is 1.61. The minimum absolute atomic E-state index is 0.455. The van der Waals surface area contributed by atoms with Crippen molar-refractivity contribution in [2.75, 3.05) is 0 Å². The molecule has 1 heterocycles. The van der Waals surface area contributed by atoms with Gasteiger partial charge >= 0.3 is 0 Å². The molecule has 0 aliphatic rings. The first-order chi connectivity index (χ1) is 9.13. The first-order valence-corrected chi connectivity index (χ1v) is 7.40. The van der Waals surface area contributed by atoms with Gasteiger partial charge in [-0.2, -0.15) is 0 Å². The second-order valence-corrected chi connectivity index (χ2v) is 5.90. The average Bonchev–Trinajstić information content (AvgIpc) is 2.82. The van der Waals surface area contributed by atoms with Crippen LogP contribution in [0, 0.1) is 3.57 Å². The molecule has 2 aromatic rings. The zero-order valence-electron chi connectivity index (χ0n) is 11.2. The molecule has 0 amide bonds. The maximum Gasteiger partial charge on any atom is 0.146 e. The first-order valence-electron chi connectivity index (χ1n) is 6.33. The molecular weight excluding hydrogens is 353 g/mol. The molecule has 0 bridgehead atoms. The zero-order chi connectivity index (χ0) is 13.7. The second-order valence-electron chi connectivity index (χ2n) is 4.65. The second kappa shape index (κ2) is 6.96. The normalized spacial score (nSPS) is 10.9. The Balaban J connectivity index is 1.86. The Morgan fingerprint density at radius 1 is 1.21 bits per heavy atom. The summed E-state index contributed by atoms with van der Waals surface area (Å²) in [6, 6.07) is 12.4. The van der Waals surface area contributed by atoms with Crippen LogP contribution in [0.1, 0.15) is 25.4 Å². The van der Waals surface area contributed by atoms with Crippen molar-refractivity contribution < 1.29 is 9.15 Å². The van der Waals surface area contributed by atoms with Gasteiger partial charge in [-0.1, -0.05) is 19.9 Å². The molecule has 0 fully saturated rings. The molecule has 1 aromatic heterocycles. The highest BCUT2D eigenvalue weighted by molar-refractivity contribution is 14.1. The molecule has 0 unspecified atom stereocenters. The lowest BCUT2D eigenvalue weighted by atomic mass is 10.3. The molecule has 0 radical (unpaired) electrons. The summed E-state index contributed by atoms with van der Waals surface area (Å²) in [6.45, 7) is 5.44. The summed E-state index contributed by atoms with van der Waals surface area (Å²) < 4.78 is 12.6. The van der Waals surface area contributed by atoms with Crippen LogP contribution in [0.5, 0.6) is 5.75 Å². The number of furan rings is 1. The topological polar surface area (TPSA) is 34.4 Å².